The molecule has 1 aromatic heterocycles. The lowest BCUT2D eigenvalue weighted by atomic mass is 10.1. The second-order valence-corrected chi connectivity index (χ2v) is 6.44. The lowest BCUT2D eigenvalue weighted by Crippen LogP contribution is -2.54. The molecule has 0 unspecified atom stereocenters. The summed E-state index contributed by atoms with van der Waals surface area (Å²) in [6.07, 6.45) is 1.64. The van der Waals surface area contributed by atoms with Gasteiger partial charge < -0.3 is 19.3 Å². The number of anilines is 1. The molecule has 6 heteroatoms. The van der Waals surface area contributed by atoms with E-state index in [-0.39, 0.29) is 17.6 Å². The number of hydrogen-bond donors (Lipinski definition) is 0. The Kier molecular flexibility index (Phi) is 5.03. The Labute approximate surface area is 132 Å². The first-order chi connectivity index (χ1) is 10.3. The second-order valence-electron chi connectivity index (χ2n) is 6.44. The van der Waals surface area contributed by atoms with Crippen molar-refractivity contribution in [1.29, 1.82) is 0 Å². The van der Waals surface area contributed by atoms with Crippen LogP contribution in [0.1, 0.15) is 24.2 Å². The van der Waals surface area contributed by atoms with Crippen molar-refractivity contribution in [1.82, 2.24) is 9.88 Å². The average molecular weight is 307 g/mol. The number of methoxy groups -OCH3 is 1. The molecule has 2 heterocycles. The van der Waals surface area contributed by atoms with Crippen LogP contribution in [0.2, 0.25) is 0 Å². The summed E-state index contributed by atoms with van der Waals surface area (Å²) in [7, 11) is 5.14. The second kappa shape index (κ2) is 6.62. The highest BCUT2D eigenvalue weighted by atomic mass is 16.5. The summed E-state index contributed by atoms with van der Waals surface area (Å²) in [5.74, 6) is 0.811. The first kappa shape index (κ1) is 16.7. The topological polar surface area (TPSA) is 54.9 Å². The lowest BCUT2D eigenvalue weighted by molar-refractivity contribution is -0.106. The maximum Gasteiger partial charge on any atom is 0.254 e. The Morgan fingerprint density at radius 1 is 1.50 bits per heavy atom. The van der Waals surface area contributed by atoms with E-state index < -0.39 is 0 Å². The zero-order valence-corrected chi connectivity index (χ0v) is 14.0. The quantitative estimate of drug-likeness (QED) is 0.842. The van der Waals surface area contributed by atoms with Crippen molar-refractivity contribution >= 4 is 11.7 Å². The van der Waals surface area contributed by atoms with Crippen molar-refractivity contribution in [3.8, 4) is 0 Å². The molecule has 22 heavy (non-hydrogen) atoms. The summed E-state index contributed by atoms with van der Waals surface area (Å²) < 4.78 is 11.2. The molecule has 1 saturated heterocycles. The molecule has 0 saturated carbocycles. The molecule has 1 atom stereocenters. The van der Waals surface area contributed by atoms with Gasteiger partial charge in [-0.25, -0.2) is 4.98 Å². The molecular weight excluding hydrogens is 282 g/mol. The molecule has 0 spiro atoms. The first-order valence-electron chi connectivity index (χ1n) is 7.42. The third kappa shape index (κ3) is 3.96. The number of rotatable bonds is 4. The monoisotopic (exact) mass is 307 g/mol. The molecule has 6 nitrogen and oxygen atoms in total. The van der Waals surface area contributed by atoms with Crippen molar-refractivity contribution in [2.24, 2.45) is 0 Å². The Morgan fingerprint density at radius 3 is 2.77 bits per heavy atom. The molecular formula is C16H25N3O3. The van der Waals surface area contributed by atoms with Crippen molar-refractivity contribution in [3.05, 3.63) is 23.9 Å². The van der Waals surface area contributed by atoms with E-state index in [0.29, 0.717) is 12.2 Å². The van der Waals surface area contributed by atoms with Gasteiger partial charge in [-0.15, -0.1) is 0 Å². The molecule has 1 fully saturated rings. The van der Waals surface area contributed by atoms with E-state index in [1.54, 1.807) is 32.3 Å². The number of hydrogen-bond acceptors (Lipinski definition) is 5. The minimum atomic E-state index is -0.263. The Bertz CT molecular complexity index is 514. The van der Waals surface area contributed by atoms with E-state index in [1.165, 1.54) is 0 Å². The number of nitrogens with zero attached hydrogens (tertiary/aromatic N) is 3. The van der Waals surface area contributed by atoms with Crippen molar-refractivity contribution in [3.63, 3.8) is 0 Å². The van der Waals surface area contributed by atoms with Crippen molar-refractivity contribution < 1.29 is 14.3 Å². The van der Waals surface area contributed by atoms with Gasteiger partial charge in [0.15, 0.2) is 0 Å². The van der Waals surface area contributed by atoms with E-state index in [2.05, 4.69) is 23.7 Å². The van der Waals surface area contributed by atoms with Crippen molar-refractivity contribution in [2.75, 3.05) is 45.8 Å². The third-order valence-corrected chi connectivity index (χ3v) is 3.56. The molecule has 0 radical (unpaired) electrons. The zero-order chi connectivity index (χ0) is 16.3. The number of morpholine rings is 1. The normalized spacial score (nSPS) is 20.8. The van der Waals surface area contributed by atoms with E-state index in [1.807, 2.05) is 12.1 Å². The summed E-state index contributed by atoms with van der Waals surface area (Å²) in [6.45, 7) is 6.15. The highest BCUT2D eigenvalue weighted by Gasteiger charge is 2.34. The smallest absolute Gasteiger partial charge is 0.254 e. The number of amides is 1. The molecule has 1 amide bonds. The van der Waals surface area contributed by atoms with Crippen LogP contribution in [0.3, 0.4) is 0 Å². The first-order valence-corrected chi connectivity index (χ1v) is 7.42. The highest BCUT2D eigenvalue weighted by Crippen LogP contribution is 2.25. The summed E-state index contributed by atoms with van der Waals surface area (Å²) in [4.78, 5) is 20.1. The summed E-state index contributed by atoms with van der Waals surface area (Å²) >= 11 is 0. The van der Waals surface area contributed by atoms with Crippen LogP contribution in [0.5, 0.6) is 0 Å². The fraction of sp³-hybridized carbons (Fsp3) is 0.625. The molecule has 122 valence electrons. The molecule has 1 aliphatic rings. The van der Waals surface area contributed by atoms with Crippen LogP contribution in [0.25, 0.3) is 0 Å². The van der Waals surface area contributed by atoms with Crippen LogP contribution < -0.4 is 4.90 Å². The van der Waals surface area contributed by atoms with Crippen LogP contribution in [-0.2, 0) is 9.47 Å². The zero-order valence-electron chi connectivity index (χ0n) is 14.0. The molecule has 2 rings (SSSR count). The van der Waals surface area contributed by atoms with Crippen LogP contribution in [0, 0.1) is 0 Å². The molecule has 0 bridgehead atoms. The summed E-state index contributed by atoms with van der Waals surface area (Å²) in [6, 6.07) is 3.71. The number of carbonyl (C=O) groups is 1. The number of pyridine rings is 1. The van der Waals surface area contributed by atoms with E-state index >= 15 is 0 Å². The summed E-state index contributed by atoms with van der Waals surface area (Å²) in [5, 5.41) is 0. The van der Waals surface area contributed by atoms with E-state index in [9.17, 15) is 4.79 Å². The van der Waals surface area contributed by atoms with Crippen LogP contribution in [-0.4, -0.2) is 68.4 Å². The highest BCUT2D eigenvalue weighted by molar-refractivity contribution is 5.93. The fourth-order valence-corrected chi connectivity index (χ4v) is 2.70. The minimum Gasteiger partial charge on any atom is -0.382 e. The van der Waals surface area contributed by atoms with Gasteiger partial charge in [-0.3, -0.25) is 4.79 Å². The standard InChI is InChI=1S/C16H25N3O3/c1-16(2)11-19(9-13(22-16)10-21-5)14-7-6-12(8-17-14)15(20)18(3)4/h6-8,13H,9-11H2,1-5H3/t13-/m0/s1. The average Bonchev–Trinajstić information content (AvgIpc) is 2.45. The van der Waals surface area contributed by atoms with Gasteiger partial charge in [-0.05, 0) is 26.0 Å². The molecule has 0 aromatic carbocycles. The largest absolute Gasteiger partial charge is 0.382 e. The van der Waals surface area contributed by atoms with Gasteiger partial charge in [0.25, 0.3) is 5.91 Å². The van der Waals surface area contributed by atoms with Crippen LogP contribution in [0.4, 0.5) is 5.82 Å². The third-order valence-electron chi connectivity index (χ3n) is 3.56. The maximum absolute atomic E-state index is 11.9. The Balaban J connectivity index is 2.14. The number of aromatic nitrogens is 1. The SMILES string of the molecule is COC[C@@H]1CN(c2ccc(C(=O)N(C)C)cn2)CC(C)(C)O1. The van der Waals surface area contributed by atoms with Gasteiger partial charge in [0.1, 0.15) is 5.82 Å². The minimum absolute atomic E-state index is 0.0126. The maximum atomic E-state index is 11.9. The van der Waals surface area contributed by atoms with Gasteiger partial charge in [0.05, 0.1) is 23.9 Å². The van der Waals surface area contributed by atoms with Crippen LogP contribution in [0.15, 0.2) is 18.3 Å². The van der Waals surface area contributed by atoms with E-state index in [0.717, 1.165) is 18.9 Å². The molecule has 1 aromatic rings. The van der Waals surface area contributed by atoms with Gasteiger partial charge in [0.2, 0.25) is 0 Å². The van der Waals surface area contributed by atoms with Gasteiger partial charge in [-0.2, -0.15) is 0 Å². The van der Waals surface area contributed by atoms with E-state index in [4.69, 9.17) is 9.47 Å². The van der Waals surface area contributed by atoms with Gasteiger partial charge in [0, 0.05) is 40.5 Å². The van der Waals surface area contributed by atoms with Gasteiger partial charge >= 0.3 is 0 Å². The van der Waals surface area contributed by atoms with Crippen molar-refractivity contribution in [2.45, 2.75) is 25.6 Å². The molecule has 0 N–H and O–H groups in total. The molecule has 1 aliphatic heterocycles. The fourth-order valence-electron chi connectivity index (χ4n) is 2.70. The number of ether oxygens (including phenoxy) is 2. The Morgan fingerprint density at radius 2 is 2.23 bits per heavy atom. The number of carbonyl (C=O) groups excluding carboxylic acids is 1. The molecule has 0 aliphatic carbocycles. The predicted octanol–water partition coefficient (Wildman–Crippen LogP) is 1.41. The van der Waals surface area contributed by atoms with Gasteiger partial charge in [-0.1, -0.05) is 0 Å². The Hall–Kier alpha value is -1.66. The lowest BCUT2D eigenvalue weighted by Gasteiger charge is -2.43. The summed E-state index contributed by atoms with van der Waals surface area (Å²) in [5.41, 5.74) is 0.330. The predicted molar refractivity (Wildman–Crippen MR) is 85.3 cm³/mol. The van der Waals surface area contributed by atoms with Crippen LogP contribution >= 0.6 is 0 Å².